The number of aromatic nitrogens is 2. The zero-order valence-corrected chi connectivity index (χ0v) is 15.8. The zero-order valence-electron chi connectivity index (χ0n) is 9.59. The predicted octanol–water partition coefficient (Wildman–Crippen LogP) is 5.76. The van der Waals surface area contributed by atoms with Gasteiger partial charge in [0.15, 0.2) is 5.03 Å². The van der Waals surface area contributed by atoms with Crippen molar-refractivity contribution in [2.24, 2.45) is 0 Å². The summed E-state index contributed by atoms with van der Waals surface area (Å²) in [6, 6.07) is 2.94. The molecular formula is C10H3BrCl5FN2OS. The maximum atomic E-state index is 13.4. The lowest BCUT2D eigenvalue weighted by Gasteiger charge is -2.11. The quantitative estimate of drug-likeness (QED) is 0.529. The minimum atomic E-state index is -2.98. The van der Waals surface area contributed by atoms with Gasteiger partial charge in [0, 0.05) is 5.02 Å². The van der Waals surface area contributed by atoms with Crippen LogP contribution in [0.4, 0.5) is 4.39 Å². The number of hydrogen-bond donors (Lipinski definition) is 0. The van der Waals surface area contributed by atoms with Crippen molar-refractivity contribution in [1.82, 2.24) is 9.55 Å². The van der Waals surface area contributed by atoms with Crippen LogP contribution in [0.5, 0.6) is 0 Å². The molecule has 11 heteroatoms. The first-order valence-electron chi connectivity index (χ1n) is 4.99. The highest BCUT2D eigenvalue weighted by atomic mass is 79.9. The van der Waals surface area contributed by atoms with Gasteiger partial charge in [-0.3, -0.25) is 4.57 Å². The number of halogens is 7. The Hall–Kier alpha value is 0.440. The molecular weight excluding hydrogens is 472 g/mol. The number of nitrogens with zero attached hydrogens (tertiary/aromatic N) is 2. The molecule has 0 fully saturated rings. The van der Waals surface area contributed by atoms with Crippen LogP contribution in [-0.4, -0.2) is 17.7 Å². The Labute approximate surface area is 154 Å². The summed E-state index contributed by atoms with van der Waals surface area (Å²) < 4.78 is 23.7. The Balaban J connectivity index is 2.59. The van der Waals surface area contributed by atoms with Crippen molar-refractivity contribution >= 4 is 84.7 Å². The van der Waals surface area contributed by atoms with Gasteiger partial charge in [-0.2, -0.15) is 4.39 Å². The smallest absolute Gasteiger partial charge is 0.289 e. The van der Waals surface area contributed by atoms with Gasteiger partial charge in [0.25, 0.3) is 0 Å². The average Bonchev–Trinajstić information content (AvgIpc) is 2.68. The summed E-state index contributed by atoms with van der Waals surface area (Å²) in [5, 5.41) is 0.611. The normalized spacial score (nSPS) is 13.5. The molecule has 1 aromatic heterocycles. The van der Waals surface area contributed by atoms with E-state index in [1.807, 2.05) is 0 Å². The minimum Gasteiger partial charge on any atom is -0.289 e. The van der Waals surface area contributed by atoms with Crippen molar-refractivity contribution in [2.45, 2.75) is 8.95 Å². The Kier molecular flexibility index (Phi) is 5.52. The Morgan fingerprint density at radius 1 is 1.24 bits per heavy atom. The zero-order chi connectivity index (χ0) is 15.9. The van der Waals surface area contributed by atoms with Crippen molar-refractivity contribution in [3.05, 3.63) is 38.1 Å². The molecule has 1 atom stereocenters. The largest absolute Gasteiger partial charge is 0.338 e. The number of alkyl halides is 3. The van der Waals surface area contributed by atoms with Crippen LogP contribution in [0, 0.1) is 0 Å². The van der Waals surface area contributed by atoms with Crippen molar-refractivity contribution < 1.29 is 8.60 Å². The van der Waals surface area contributed by atoms with Crippen LogP contribution in [0.15, 0.2) is 28.1 Å². The molecule has 1 heterocycles. The first kappa shape index (κ1) is 17.8. The van der Waals surface area contributed by atoms with E-state index < -0.39 is 14.7 Å². The maximum absolute atomic E-state index is 13.4. The summed E-state index contributed by atoms with van der Waals surface area (Å²) in [4.78, 5) is 3.82. The number of hydrogen-bond acceptors (Lipinski definition) is 2. The molecule has 0 spiro atoms. The van der Waals surface area contributed by atoms with E-state index in [0.717, 1.165) is 0 Å². The first-order valence-corrected chi connectivity index (χ1v) is 8.82. The third kappa shape index (κ3) is 3.68. The molecule has 0 aliphatic heterocycles. The van der Waals surface area contributed by atoms with Gasteiger partial charge in [-0.15, -0.1) is 0 Å². The fourth-order valence-electron chi connectivity index (χ4n) is 1.47. The van der Waals surface area contributed by atoms with Gasteiger partial charge in [0.2, 0.25) is 0 Å². The number of imidazole rings is 1. The van der Waals surface area contributed by atoms with Crippen LogP contribution in [0.25, 0.3) is 5.69 Å². The molecule has 2 aromatic rings. The summed E-state index contributed by atoms with van der Waals surface area (Å²) in [6.45, 7) is 0. The highest BCUT2D eigenvalue weighted by molar-refractivity contribution is 9.10. The minimum absolute atomic E-state index is 0.148. The van der Waals surface area contributed by atoms with Gasteiger partial charge in [-0.05, 0) is 28.1 Å². The van der Waals surface area contributed by atoms with E-state index in [9.17, 15) is 8.60 Å². The molecule has 0 saturated carbocycles. The van der Waals surface area contributed by atoms with Gasteiger partial charge < -0.3 is 0 Å². The molecule has 0 aliphatic rings. The summed E-state index contributed by atoms with van der Waals surface area (Å²) in [7, 11) is -2.41. The van der Waals surface area contributed by atoms with E-state index in [-0.39, 0.29) is 19.7 Å². The van der Waals surface area contributed by atoms with Crippen LogP contribution in [0.2, 0.25) is 15.1 Å². The van der Waals surface area contributed by atoms with Gasteiger partial charge >= 0.3 is 3.92 Å². The van der Waals surface area contributed by atoms with E-state index in [1.54, 1.807) is 0 Å². The third-order valence-electron chi connectivity index (χ3n) is 2.29. The van der Waals surface area contributed by atoms with Crippen LogP contribution in [-0.2, 0) is 10.8 Å². The molecule has 0 aliphatic carbocycles. The van der Waals surface area contributed by atoms with Gasteiger partial charge in [0.05, 0.1) is 15.7 Å². The highest BCUT2D eigenvalue weighted by Crippen LogP contribution is 2.38. The standard InChI is InChI=1S/C10H3BrCl5FN2OS/c11-8-9(21(20)10(15,16)17)18-3-19(8)7-5(13)1-4(12)2-6(7)14/h1-3H. The molecule has 1 unspecified atom stereocenters. The van der Waals surface area contributed by atoms with E-state index >= 15 is 0 Å². The fraction of sp³-hybridized carbons (Fsp3) is 0.100. The van der Waals surface area contributed by atoms with Crippen molar-refractivity contribution in [3.8, 4) is 5.69 Å². The summed E-state index contributed by atoms with van der Waals surface area (Å²) in [6.07, 6.45) is 1.25. The lowest BCUT2D eigenvalue weighted by Crippen LogP contribution is -2.14. The Morgan fingerprint density at radius 3 is 2.24 bits per heavy atom. The molecule has 1 aromatic carbocycles. The second-order valence-electron chi connectivity index (χ2n) is 3.64. The summed E-state index contributed by atoms with van der Waals surface area (Å²) in [5.41, 5.74) is 0.332. The molecule has 0 N–H and O–H groups in total. The van der Waals surface area contributed by atoms with Crippen molar-refractivity contribution in [3.63, 3.8) is 0 Å². The topological polar surface area (TPSA) is 34.9 Å². The number of benzene rings is 1. The molecule has 0 bridgehead atoms. The second-order valence-corrected chi connectivity index (χ2v) is 8.82. The van der Waals surface area contributed by atoms with Crippen LogP contribution < -0.4 is 0 Å². The number of rotatable bonds is 3. The van der Waals surface area contributed by atoms with Crippen molar-refractivity contribution in [1.29, 1.82) is 0 Å². The first-order chi connectivity index (χ1) is 9.62. The van der Waals surface area contributed by atoms with Crippen LogP contribution >= 0.6 is 73.9 Å². The lowest BCUT2D eigenvalue weighted by atomic mass is 10.3. The highest BCUT2D eigenvalue weighted by Gasteiger charge is 2.36. The molecule has 0 radical (unpaired) electrons. The van der Waals surface area contributed by atoms with Crippen molar-refractivity contribution in [2.75, 3.05) is 0 Å². The van der Waals surface area contributed by atoms with Gasteiger partial charge in [-0.25, -0.2) is 9.19 Å². The summed E-state index contributed by atoms with van der Waals surface area (Å²) in [5.74, 6) is 0. The molecule has 114 valence electrons. The average molecular weight is 475 g/mol. The maximum Gasteiger partial charge on any atom is 0.338 e. The Bertz CT molecular complexity index is 710. The molecule has 3 nitrogen and oxygen atoms in total. The molecule has 0 amide bonds. The van der Waals surface area contributed by atoms with E-state index in [0.29, 0.717) is 10.7 Å². The van der Waals surface area contributed by atoms with E-state index in [2.05, 4.69) is 20.9 Å². The third-order valence-corrected chi connectivity index (χ3v) is 6.01. The second kappa shape index (κ2) is 6.51. The predicted molar refractivity (Wildman–Crippen MR) is 88.2 cm³/mol. The van der Waals surface area contributed by atoms with E-state index in [4.69, 9.17) is 58.0 Å². The monoisotopic (exact) mass is 472 g/mol. The lowest BCUT2D eigenvalue weighted by molar-refractivity contribution is 0.496. The fourth-order valence-corrected chi connectivity index (χ4v) is 4.34. The van der Waals surface area contributed by atoms with Gasteiger partial charge in [0.1, 0.15) is 21.7 Å². The van der Waals surface area contributed by atoms with E-state index in [1.165, 1.54) is 23.0 Å². The van der Waals surface area contributed by atoms with Crippen LogP contribution in [0.1, 0.15) is 0 Å². The van der Waals surface area contributed by atoms with Crippen LogP contribution in [0.3, 0.4) is 0 Å². The molecule has 0 saturated heterocycles. The van der Waals surface area contributed by atoms with Gasteiger partial charge in [-0.1, -0.05) is 58.0 Å². The Morgan fingerprint density at radius 2 is 1.76 bits per heavy atom. The molecule has 2 rings (SSSR count). The SMILES string of the molecule is O=S(c1ncn(-c2c(Cl)cc(Cl)cc2Cl)c1Br)C(F)(Cl)Cl. The molecule has 21 heavy (non-hydrogen) atoms. The summed E-state index contributed by atoms with van der Waals surface area (Å²) >= 11 is 31.5.